The maximum absolute atomic E-state index is 15.1. The lowest BCUT2D eigenvalue weighted by atomic mass is 9.83. The van der Waals surface area contributed by atoms with Gasteiger partial charge < -0.3 is 4.98 Å². The molecule has 0 aliphatic carbocycles. The highest BCUT2D eigenvalue weighted by Crippen LogP contribution is 2.44. The van der Waals surface area contributed by atoms with Crippen molar-refractivity contribution in [1.29, 1.82) is 0 Å². The average molecular weight is 461 g/mol. The Hall–Kier alpha value is -1.72. The fourth-order valence-electron chi connectivity index (χ4n) is 4.49. The molecule has 2 atom stereocenters. The zero-order valence-corrected chi connectivity index (χ0v) is 18.9. The number of nitrogens with one attached hydrogen (secondary N) is 1. The minimum absolute atomic E-state index is 0.0400. The third-order valence-electron chi connectivity index (χ3n) is 6.40. The fourth-order valence-corrected chi connectivity index (χ4v) is 4.89. The van der Waals surface area contributed by atoms with Crippen molar-refractivity contribution < 1.29 is 8.78 Å². The van der Waals surface area contributed by atoms with E-state index in [1.165, 1.54) is 17.7 Å². The van der Waals surface area contributed by atoms with Gasteiger partial charge in [0, 0.05) is 39.2 Å². The minimum Gasteiger partial charge on any atom is -0.357 e. The van der Waals surface area contributed by atoms with E-state index in [-0.39, 0.29) is 17.0 Å². The van der Waals surface area contributed by atoms with Crippen LogP contribution in [0.2, 0.25) is 0 Å². The van der Waals surface area contributed by atoms with Crippen molar-refractivity contribution in [2.45, 2.75) is 52.6 Å². The van der Waals surface area contributed by atoms with Gasteiger partial charge in [-0.25, -0.2) is 8.78 Å². The van der Waals surface area contributed by atoms with Crippen LogP contribution >= 0.6 is 15.9 Å². The molecular formula is C24H27BrF2N2. The van der Waals surface area contributed by atoms with Crippen molar-refractivity contribution in [3.63, 3.8) is 0 Å². The molecule has 0 saturated carbocycles. The molecular weight excluding hydrogens is 434 g/mol. The molecule has 29 heavy (non-hydrogen) atoms. The number of benzene rings is 2. The van der Waals surface area contributed by atoms with Crippen LogP contribution < -0.4 is 0 Å². The van der Waals surface area contributed by atoms with E-state index in [9.17, 15) is 0 Å². The quantitative estimate of drug-likeness (QED) is 0.444. The zero-order chi connectivity index (χ0) is 20.9. The molecule has 0 amide bonds. The highest BCUT2D eigenvalue weighted by atomic mass is 79.9. The average Bonchev–Trinajstić information content (AvgIpc) is 3.01. The van der Waals surface area contributed by atoms with Gasteiger partial charge in [-0.1, -0.05) is 54.9 Å². The molecule has 3 aromatic rings. The summed E-state index contributed by atoms with van der Waals surface area (Å²) in [6, 6.07) is 10.5. The smallest absolute Gasteiger partial charge is 0.132 e. The predicted molar refractivity (Wildman–Crippen MR) is 118 cm³/mol. The summed E-state index contributed by atoms with van der Waals surface area (Å²) in [5.74, 6) is -1.03. The molecule has 2 nitrogen and oxygen atoms in total. The number of hydrogen-bond donors (Lipinski definition) is 1. The van der Waals surface area contributed by atoms with Crippen LogP contribution in [0.15, 0.2) is 40.9 Å². The number of para-hydroxylation sites is 1. The SMILES string of the molecule is CCC(C)(C)CN1C(C)Cc2c([nH]c3ccccc23)C1c1c(F)cc(Br)cc1F. The third-order valence-corrected chi connectivity index (χ3v) is 6.86. The van der Waals surface area contributed by atoms with Crippen molar-refractivity contribution in [2.24, 2.45) is 5.41 Å². The summed E-state index contributed by atoms with van der Waals surface area (Å²) in [7, 11) is 0. The molecule has 1 aliphatic rings. The van der Waals surface area contributed by atoms with Gasteiger partial charge >= 0.3 is 0 Å². The van der Waals surface area contributed by atoms with E-state index >= 15 is 8.78 Å². The largest absolute Gasteiger partial charge is 0.357 e. The van der Waals surface area contributed by atoms with E-state index in [4.69, 9.17) is 0 Å². The van der Waals surface area contributed by atoms with E-state index in [0.29, 0.717) is 4.47 Å². The normalized spacial score (nSPS) is 20.2. The summed E-state index contributed by atoms with van der Waals surface area (Å²) in [6.07, 6.45) is 1.85. The first-order valence-corrected chi connectivity index (χ1v) is 11.0. The Labute approximate surface area is 179 Å². The molecule has 0 saturated heterocycles. The Bertz CT molecular complexity index is 1030. The second kappa shape index (κ2) is 7.51. The van der Waals surface area contributed by atoms with Crippen LogP contribution in [0.4, 0.5) is 8.78 Å². The van der Waals surface area contributed by atoms with Crippen molar-refractivity contribution in [3.8, 4) is 0 Å². The Morgan fingerprint density at radius 3 is 2.48 bits per heavy atom. The van der Waals surface area contributed by atoms with Gasteiger partial charge in [-0.05, 0) is 48.9 Å². The molecule has 0 fully saturated rings. The summed E-state index contributed by atoms with van der Waals surface area (Å²) in [6.45, 7) is 9.52. The summed E-state index contributed by atoms with van der Waals surface area (Å²) in [5, 5.41) is 1.15. The number of rotatable bonds is 4. The standard InChI is InChI=1S/C24H27BrF2N2/c1-5-24(3,4)13-29-14(2)10-17-16-8-6-7-9-20(16)28-22(17)23(29)21-18(26)11-15(25)12-19(21)27/h6-9,11-12,14,23,28H,5,10,13H2,1-4H3. The van der Waals surface area contributed by atoms with Gasteiger partial charge in [0.15, 0.2) is 0 Å². The van der Waals surface area contributed by atoms with Gasteiger partial charge in [0.25, 0.3) is 0 Å². The number of halogens is 3. The number of hydrogen-bond acceptors (Lipinski definition) is 1. The van der Waals surface area contributed by atoms with Crippen LogP contribution in [0.1, 0.15) is 57.0 Å². The Morgan fingerprint density at radius 2 is 1.83 bits per heavy atom. The zero-order valence-electron chi connectivity index (χ0n) is 17.3. The molecule has 5 heteroatoms. The molecule has 4 rings (SSSR count). The van der Waals surface area contributed by atoms with Gasteiger partial charge in [0.05, 0.1) is 6.04 Å². The van der Waals surface area contributed by atoms with E-state index in [1.54, 1.807) is 0 Å². The molecule has 154 valence electrons. The summed E-state index contributed by atoms with van der Waals surface area (Å²) in [4.78, 5) is 5.78. The number of H-pyrrole nitrogens is 1. The topological polar surface area (TPSA) is 19.0 Å². The number of aromatic nitrogens is 1. The summed E-state index contributed by atoms with van der Waals surface area (Å²) < 4.78 is 30.7. The van der Waals surface area contributed by atoms with Crippen LogP contribution in [0.25, 0.3) is 10.9 Å². The summed E-state index contributed by atoms with van der Waals surface area (Å²) in [5.41, 5.74) is 3.27. The first-order valence-electron chi connectivity index (χ1n) is 10.2. The number of aromatic amines is 1. The molecule has 1 aromatic heterocycles. The fraction of sp³-hybridized carbons (Fsp3) is 0.417. The summed E-state index contributed by atoms with van der Waals surface area (Å²) >= 11 is 3.22. The van der Waals surface area contributed by atoms with Gasteiger partial charge in [-0.2, -0.15) is 0 Å². The van der Waals surface area contributed by atoms with Crippen molar-refractivity contribution in [1.82, 2.24) is 9.88 Å². The highest BCUT2D eigenvalue weighted by molar-refractivity contribution is 9.10. The second-order valence-electron chi connectivity index (χ2n) is 8.99. The molecule has 1 aliphatic heterocycles. The van der Waals surface area contributed by atoms with E-state index < -0.39 is 17.7 Å². The predicted octanol–water partition coefficient (Wildman–Crippen LogP) is 6.98. The van der Waals surface area contributed by atoms with Crippen molar-refractivity contribution >= 4 is 26.8 Å². The molecule has 0 radical (unpaired) electrons. The van der Waals surface area contributed by atoms with Gasteiger partial charge in [-0.15, -0.1) is 0 Å². The van der Waals surface area contributed by atoms with Crippen LogP contribution in [0, 0.1) is 17.0 Å². The second-order valence-corrected chi connectivity index (χ2v) is 9.91. The van der Waals surface area contributed by atoms with Crippen molar-refractivity contribution in [3.05, 3.63) is 69.3 Å². The lowest BCUT2D eigenvalue weighted by Crippen LogP contribution is -2.47. The molecule has 2 unspecified atom stereocenters. The van der Waals surface area contributed by atoms with E-state index in [2.05, 4.69) is 59.6 Å². The molecule has 2 aromatic carbocycles. The van der Waals surface area contributed by atoms with Crippen molar-refractivity contribution in [2.75, 3.05) is 6.54 Å². The first-order chi connectivity index (χ1) is 13.7. The van der Waals surface area contributed by atoms with Crippen LogP contribution in [-0.4, -0.2) is 22.5 Å². The number of fused-ring (bicyclic) bond motifs is 3. The van der Waals surface area contributed by atoms with Crippen LogP contribution in [0.5, 0.6) is 0 Å². The Morgan fingerprint density at radius 1 is 1.17 bits per heavy atom. The van der Waals surface area contributed by atoms with Gasteiger partial charge in [0.1, 0.15) is 11.6 Å². The molecule has 1 N–H and O–H groups in total. The van der Waals surface area contributed by atoms with E-state index in [1.807, 2.05) is 18.2 Å². The third kappa shape index (κ3) is 3.64. The van der Waals surface area contributed by atoms with Gasteiger partial charge in [0.2, 0.25) is 0 Å². The lowest BCUT2D eigenvalue weighted by Gasteiger charge is -2.44. The van der Waals surface area contributed by atoms with Gasteiger partial charge in [-0.3, -0.25) is 4.90 Å². The molecule has 2 heterocycles. The lowest BCUT2D eigenvalue weighted by molar-refractivity contribution is 0.0872. The maximum atomic E-state index is 15.1. The minimum atomic E-state index is -0.514. The molecule has 0 bridgehead atoms. The Kier molecular flexibility index (Phi) is 5.32. The maximum Gasteiger partial charge on any atom is 0.132 e. The van der Waals surface area contributed by atoms with Crippen LogP contribution in [-0.2, 0) is 6.42 Å². The van der Waals surface area contributed by atoms with E-state index in [0.717, 1.165) is 36.0 Å². The first kappa shape index (κ1) is 20.5. The monoisotopic (exact) mass is 460 g/mol. The number of nitrogens with zero attached hydrogens (tertiary/aromatic N) is 1. The Balaban J connectivity index is 1.96. The van der Waals surface area contributed by atoms with Crippen LogP contribution in [0.3, 0.4) is 0 Å². The highest BCUT2D eigenvalue weighted by Gasteiger charge is 2.40. The molecule has 0 spiro atoms.